The Morgan fingerprint density at radius 3 is 2.48 bits per heavy atom. The van der Waals surface area contributed by atoms with Crippen LogP contribution in [0.4, 0.5) is 0 Å². The zero-order valence-electron chi connectivity index (χ0n) is 15.0. The van der Waals surface area contributed by atoms with Crippen LogP contribution in [-0.2, 0) is 20.7 Å². The summed E-state index contributed by atoms with van der Waals surface area (Å²) in [4.78, 5) is 28.1. The molecule has 2 rings (SSSR count). The van der Waals surface area contributed by atoms with E-state index in [9.17, 15) is 9.59 Å². The maximum Gasteiger partial charge on any atom is 0.312 e. The third-order valence-electron chi connectivity index (χ3n) is 3.73. The lowest BCUT2D eigenvalue weighted by Crippen LogP contribution is -2.35. The maximum atomic E-state index is 12.0. The van der Waals surface area contributed by atoms with E-state index in [1.807, 2.05) is 24.4 Å². The fraction of sp³-hybridized carbons (Fsp3) is 0.421. The van der Waals surface area contributed by atoms with Gasteiger partial charge in [-0.05, 0) is 25.3 Å². The molecule has 0 aliphatic rings. The molecule has 2 aromatic rings. The van der Waals surface area contributed by atoms with Crippen molar-refractivity contribution >= 4 is 23.2 Å². The fourth-order valence-electron chi connectivity index (χ4n) is 2.29. The number of benzene rings is 1. The van der Waals surface area contributed by atoms with E-state index in [1.165, 1.54) is 16.9 Å². The Morgan fingerprint density at radius 1 is 1.20 bits per heavy atom. The first-order chi connectivity index (χ1) is 11.9. The average Bonchev–Trinajstić information content (AvgIpc) is 3.03. The van der Waals surface area contributed by atoms with Crippen molar-refractivity contribution in [2.45, 2.75) is 46.1 Å². The molecule has 1 N–H and O–H groups in total. The molecule has 1 atom stereocenters. The number of hydrogen-bond donors (Lipinski definition) is 1. The number of ether oxygens (including phenoxy) is 1. The van der Waals surface area contributed by atoms with Crippen LogP contribution in [0.3, 0.4) is 0 Å². The van der Waals surface area contributed by atoms with Gasteiger partial charge in [-0.2, -0.15) is 0 Å². The molecule has 1 aromatic heterocycles. The molecule has 1 aromatic carbocycles. The second kappa shape index (κ2) is 8.76. The Morgan fingerprint density at radius 2 is 1.88 bits per heavy atom. The van der Waals surface area contributed by atoms with Crippen molar-refractivity contribution in [1.82, 2.24) is 10.3 Å². The van der Waals surface area contributed by atoms with Crippen LogP contribution >= 0.6 is 11.3 Å². The third-order valence-corrected chi connectivity index (χ3v) is 4.67. The van der Waals surface area contributed by atoms with Gasteiger partial charge < -0.3 is 10.1 Å². The Labute approximate surface area is 152 Å². The normalized spacial score (nSPS) is 12.0. The number of amides is 1. The minimum Gasteiger partial charge on any atom is -0.452 e. The average molecular weight is 360 g/mol. The predicted octanol–water partition coefficient (Wildman–Crippen LogP) is 3.54. The molecule has 0 fully saturated rings. The van der Waals surface area contributed by atoms with Gasteiger partial charge in [0.15, 0.2) is 6.10 Å². The number of esters is 1. The molecule has 0 bridgehead atoms. The lowest BCUT2D eigenvalue weighted by Gasteiger charge is -2.11. The zero-order chi connectivity index (χ0) is 18.4. The summed E-state index contributed by atoms with van der Waals surface area (Å²) in [5.41, 5.74) is 2.97. The minimum atomic E-state index is -0.797. The van der Waals surface area contributed by atoms with Gasteiger partial charge in [-0.15, -0.1) is 11.3 Å². The minimum absolute atomic E-state index is 0.0598. The van der Waals surface area contributed by atoms with Crippen molar-refractivity contribution in [3.05, 3.63) is 40.9 Å². The smallest absolute Gasteiger partial charge is 0.312 e. The zero-order valence-corrected chi connectivity index (χ0v) is 15.9. The molecule has 0 radical (unpaired) electrons. The van der Waals surface area contributed by atoms with Crippen molar-refractivity contribution in [2.75, 3.05) is 6.54 Å². The largest absolute Gasteiger partial charge is 0.452 e. The Hall–Kier alpha value is -2.21. The van der Waals surface area contributed by atoms with Crippen molar-refractivity contribution < 1.29 is 14.3 Å². The third kappa shape index (κ3) is 5.39. The highest BCUT2D eigenvalue weighted by Gasteiger charge is 2.18. The molecule has 0 spiro atoms. The number of hydrogen-bond acceptors (Lipinski definition) is 5. The SMILES string of the molecule is CCNC(=O)[C@@H](C)OC(=O)Cc1csc(-c2ccc(C(C)C)cc2)n1. The molecule has 134 valence electrons. The van der Waals surface area contributed by atoms with Gasteiger partial charge in [-0.1, -0.05) is 38.1 Å². The van der Waals surface area contributed by atoms with Gasteiger partial charge in [0.25, 0.3) is 5.91 Å². The van der Waals surface area contributed by atoms with Crippen LogP contribution in [0.5, 0.6) is 0 Å². The lowest BCUT2D eigenvalue weighted by molar-refractivity contribution is -0.154. The molecule has 0 saturated carbocycles. The molecule has 0 saturated heterocycles. The van der Waals surface area contributed by atoms with E-state index in [-0.39, 0.29) is 12.3 Å². The van der Waals surface area contributed by atoms with Crippen LogP contribution in [0, 0.1) is 0 Å². The van der Waals surface area contributed by atoms with E-state index in [0.717, 1.165) is 10.6 Å². The summed E-state index contributed by atoms with van der Waals surface area (Å²) < 4.78 is 5.14. The first kappa shape index (κ1) is 19.1. The van der Waals surface area contributed by atoms with Crippen LogP contribution in [0.25, 0.3) is 10.6 Å². The second-order valence-electron chi connectivity index (χ2n) is 6.12. The summed E-state index contributed by atoms with van der Waals surface area (Å²) in [6.07, 6.45) is -0.737. The number of nitrogens with one attached hydrogen (secondary N) is 1. The number of carbonyl (C=O) groups excluding carboxylic acids is 2. The van der Waals surface area contributed by atoms with Gasteiger partial charge in [-0.3, -0.25) is 9.59 Å². The number of carbonyl (C=O) groups is 2. The van der Waals surface area contributed by atoms with E-state index in [0.29, 0.717) is 18.2 Å². The first-order valence-corrected chi connectivity index (χ1v) is 9.30. The van der Waals surface area contributed by atoms with E-state index in [4.69, 9.17) is 4.74 Å². The van der Waals surface area contributed by atoms with E-state index < -0.39 is 12.1 Å². The highest BCUT2D eigenvalue weighted by atomic mass is 32.1. The van der Waals surface area contributed by atoms with Gasteiger partial charge in [0, 0.05) is 17.5 Å². The lowest BCUT2D eigenvalue weighted by atomic mass is 10.0. The number of nitrogens with zero attached hydrogens (tertiary/aromatic N) is 1. The number of rotatable bonds is 7. The first-order valence-electron chi connectivity index (χ1n) is 8.42. The molecule has 0 aliphatic heterocycles. The molecular formula is C19H24N2O3S. The van der Waals surface area contributed by atoms with Crippen LogP contribution in [0.1, 0.15) is 44.9 Å². The van der Waals surface area contributed by atoms with Gasteiger partial charge in [0.1, 0.15) is 5.01 Å². The maximum absolute atomic E-state index is 12.0. The van der Waals surface area contributed by atoms with Gasteiger partial charge in [-0.25, -0.2) is 4.98 Å². The van der Waals surface area contributed by atoms with Crippen LogP contribution in [0.15, 0.2) is 29.6 Å². The number of aromatic nitrogens is 1. The van der Waals surface area contributed by atoms with Gasteiger partial charge in [0.05, 0.1) is 12.1 Å². The van der Waals surface area contributed by atoms with Crippen LogP contribution in [-0.4, -0.2) is 29.5 Å². The quantitative estimate of drug-likeness (QED) is 0.767. The van der Waals surface area contributed by atoms with Crippen LogP contribution in [0.2, 0.25) is 0 Å². The molecule has 6 heteroatoms. The predicted molar refractivity (Wildman–Crippen MR) is 99.6 cm³/mol. The highest BCUT2D eigenvalue weighted by molar-refractivity contribution is 7.13. The Kier molecular flexibility index (Phi) is 6.70. The highest BCUT2D eigenvalue weighted by Crippen LogP contribution is 2.26. The Bertz CT molecular complexity index is 723. The molecule has 5 nitrogen and oxygen atoms in total. The molecule has 1 amide bonds. The van der Waals surface area contributed by atoms with E-state index in [2.05, 4.69) is 36.3 Å². The second-order valence-corrected chi connectivity index (χ2v) is 6.98. The van der Waals surface area contributed by atoms with E-state index >= 15 is 0 Å². The van der Waals surface area contributed by atoms with Crippen molar-refractivity contribution in [2.24, 2.45) is 0 Å². The summed E-state index contributed by atoms with van der Waals surface area (Å²) in [5.74, 6) is -0.256. The summed E-state index contributed by atoms with van der Waals surface area (Å²) >= 11 is 1.49. The summed E-state index contributed by atoms with van der Waals surface area (Å²) in [5, 5.41) is 5.34. The monoisotopic (exact) mass is 360 g/mol. The van der Waals surface area contributed by atoms with Crippen molar-refractivity contribution in [3.63, 3.8) is 0 Å². The van der Waals surface area contributed by atoms with Gasteiger partial charge >= 0.3 is 5.97 Å². The van der Waals surface area contributed by atoms with Crippen LogP contribution < -0.4 is 5.32 Å². The van der Waals surface area contributed by atoms with Crippen molar-refractivity contribution in [3.8, 4) is 10.6 Å². The standard InChI is InChI=1S/C19H24N2O3S/c1-5-20-18(23)13(4)24-17(22)10-16-11-25-19(21-16)15-8-6-14(7-9-15)12(2)3/h6-9,11-13H,5,10H2,1-4H3,(H,20,23)/t13-/m1/s1. The summed E-state index contributed by atoms with van der Waals surface area (Å²) in [7, 11) is 0. The fourth-order valence-corrected chi connectivity index (χ4v) is 3.12. The Balaban J connectivity index is 1.96. The summed E-state index contributed by atoms with van der Waals surface area (Å²) in [6.45, 7) is 8.20. The molecular weight excluding hydrogens is 336 g/mol. The molecule has 25 heavy (non-hydrogen) atoms. The molecule has 0 unspecified atom stereocenters. The van der Waals surface area contributed by atoms with Crippen molar-refractivity contribution in [1.29, 1.82) is 0 Å². The number of likely N-dealkylation sites (N-methyl/N-ethyl adjacent to an activating group) is 1. The molecule has 0 aliphatic carbocycles. The number of thiazole rings is 1. The topological polar surface area (TPSA) is 68.3 Å². The van der Waals surface area contributed by atoms with E-state index in [1.54, 1.807) is 6.92 Å². The summed E-state index contributed by atoms with van der Waals surface area (Å²) in [6, 6.07) is 8.30. The van der Waals surface area contributed by atoms with Gasteiger partial charge in [0.2, 0.25) is 0 Å². The molecule has 1 heterocycles.